The van der Waals surface area contributed by atoms with Crippen molar-refractivity contribution < 1.29 is 9.84 Å². The van der Waals surface area contributed by atoms with Gasteiger partial charge >= 0.3 is 0 Å². The zero-order valence-corrected chi connectivity index (χ0v) is 10.3. The van der Waals surface area contributed by atoms with Gasteiger partial charge in [0.1, 0.15) is 11.9 Å². The highest BCUT2D eigenvalue weighted by Gasteiger charge is 2.12. The molecule has 1 aromatic carbocycles. The predicted molar refractivity (Wildman–Crippen MR) is 68.3 cm³/mol. The van der Waals surface area contributed by atoms with E-state index in [1.807, 2.05) is 24.3 Å². The van der Waals surface area contributed by atoms with Crippen LogP contribution < -0.4 is 4.74 Å². The van der Waals surface area contributed by atoms with E-state index in [2.05, 4.69) is 16.9 Å². The van der Waals surface area contributed by atoms with Gasteiger partial charge in [-0.3, -0.25) is 9.97 Å². The molecule has 18 heavy (non-hydrogen) atoms. The molecule has 0 spiro atoms. The fraction of sp³-hybridized carbons (Fsp3) is 0.286. The number of benzene rings is 1. The van der Waals surface area contributed by atoms with Crippen molar-refractivity contribution in [2.24, 2.45) is 0 Å². The first kappa shape index (κ1) is 12.5. The van der Waals surface area contributed by atoms with Crippen molar-refractivity contribution in [1.82, 2.24) is 9.97 Å². The highest BCUT2D eigenvalue weighted by atomic mass is 16.5. The van der Waals surface area contributed by atoms with Gasteiger partial charge in [0.05, 0.1) is 18.5 Å². The number of aliphatic hydroxyl groups is 1. The van der Waals surface area contributed by atoms with Crippen LogP contribution >= 0.6 is 0 Å². The molecule has 0 saturated carbocycles. The molecule has 1 atom stereocenters. The van der Waals surface area contributed by atoms with Crippen LogP contribution in [0.5, 0.6) is 5.75 Å². The van der Waals surface area contributed by atoms with Crippen molar-refractivity contribution in [2.45, 2.75) is 19.4 Å². The smallest absolute Gasteiger partial charge is 0.123 e. The van der Waals surface area contributed by atoms with E-state index in [1.54, 1.807) is 18.6 Å². The number of ether oxygens (including phenoxy) is 1. The number of aromatic nitrogens is 2. The zero-order valence-electron chi connectivity index (χ0n) is 10.3. The molecule has 0 radical (unpaired) electrons. The molecule has 4 heteroatoms. The van der Waals surface area contributed by atoms with Crippen molar-refractivity contribution in [3.63, 3.8) is 0 Å². The monoisotopic (exact) mass is 244 g/mol. The lowest BCUT2D eigenvalue weighted by atomic mass is 10.1. The fourth-order valence-corrected chi connectivity index (χ4v) is 1.62. The molecule has 0 fully saturated rings. The van der Waals surface area contributed by atoms with E-state index < -0.39 is 6.10 Å². The van der Waals surface area contributed by atoms with Crippen LogP contribution in [0.25, 0.3) is 0 Å². The summed E-state index contributed by atoms with van der Waals surface area (Å²) in [7, 11) is 0. The summed E-state index contributed by atoms with van der Waals surface area (Å²) in [6.07, 6.45) is 4.89. The molecular formula is C14H16N2O2. The van der Waals surface area contributed by atoms with Crippen LogP contribution in [0.3, 0.4) is 0 Å². The van der Waals surface area contributed by atoms with Gasteiger partial charge in [0.25, 0.3) is 0 Å². The van der Waals surface area contributed by atoms with Gasteiger partial charge in [-0.05, 0) is 24.1 Å². The minimum Gasteiger partial charge on any atom is -0.494 e. The van der Waals surface area contributed by atoms with Crippen LogP contribution in [-0.2, 0) is 0 Å². The summed E-state index contributed by atoms with van der Waals surface area (Å²) in [6.45, 7) is 2.73. The Balaban J connectivity index is 2.17. The second-order valence-electron chi connectivity index (χ2n) is 3.95. The molecule has 1 heterocycles. The Morgan fingerprint density at radius 2 is 2.22 bits per heavy atom. The lowest BCUT2D eigenvalue weighted by Gasteiger charge is -2.11. The Morgan fingerprint density at radius 3 is 2.94 bits per heavy atom. The molecule has 4 nitrogen and oxygen atoms in total. The summed E-state index contributed by atoms with van der Waals surface area (Å²) in [5, 5.41) is 10.2. The first-order chi connectivity index (χ1) is 8.81. The molecule has 0 aliphatic rings. The van der Waals surface area contributed by atoms with E-state index in [1.165, 1.54) is 0 Å². The van der Waals surface area contributed by atoms with Crippen molar-refractivity contribution in [3.8, 4) is 5.75 Å². The van der Waals surface area contributed by atoms with E-state index in [-0.39, 0.29) is 0 Å². The highest BCUT2D eigenvalue weighted by molar-refractivity contribution is 5.32. The molecule has 0 saturated heterocycles. The third-order valence-electron chi connectivity index (χ3n) is 2.51. The Bertz CT molecular complexity index is 488. The topological polar surface area (TPSA) is 55.2 Å². The second-order valence-corrected chi connectivity index (χ2v) is 3.95. The summed E-state index contributed by atoms with van der Waals surface area (Å²) < 4.78 is 5.53. The van der Waals surface area contributed by atoms with Gasteiger partial charge in [-0.2, -0.15) is 0 Å². The number of nitrogens with zero attached hydrogens (tertiary/aromatic N) is 2. The number of rotatable bonds is 5. The maximum absolute atomic E-state index is 10.2. The molecular weight excluding hydrogens is 228 g/mol. The molecule has 1 unspecified atom stereocenters. The van der Waals surface area contributed by atoms with Gasteiger partial charge in [-0.15, -0.1) is 0 Å². The molecule has 0 bridgehead atoms. The maximum Gasteiger partial charge on any atom is 0.123 e. The lowest BCUT2D eigenvalue weighted by molar-refractivity contribution is 0.214. The molecule has 0 aliphatic heterocycles. The third kappa shape index (κ3) is 3.05. The van der Waals surface area contributed by atoms with Gasteiger partial charge in [-0.25, -0.2) is 0 Å². The third-order valence-corrected chi connectivity index (χ3v) is 2.51. The van der Waals surface area contributed by atoms with Gasteiger partial charge in [0, 0.05) is 12.4 Å². The van der Waals surface area contributed by atoms with E-state index in [9.17, 15) is 5.11 Å². The van der Waals surface area contributed by atoms with Crippen LogP contribution in [0.15, 0.2) is 42.9 Å². The molecule has 0 amide bonds. The summed E-state index contributed by atoms with van der Waals surface area (Å²) >= 11 is 0. The van der Waals surface area contributed by atoms with Crippen LogP contribution in [0, 0.1) is 0 Å². The average Bonchev–Trinajstić information content (AvgIpc) is 2.45. The Hall–Kier alpha value is -1.94. The summed E-state index contributed by atoms with van der Waals surface area (Å²) in [6, 6.07) is 7.41. The second kappa shape index (κ2) is 6.12. The molecule has 2 aromatic rings. The summed E-state index contributed by atoms with van der Waals surface area (Å²) in [4.78, 5) is 8.04. The average molecular weight is 244 g/mol. The van der Waals surface area contributed by atoms with Gasteiger partial charge in [0.15, 0.2) is 0 Å². The molecule has 0 aliphatic carbocycles. The maximum atomic E-state index is 10.2. The van der Waals surface area contributed by atoms with Crippen LogP contribution in [-0.4, -0.2) is 21.7 Å². The summed E-state index contributed by atoms with van der Waals surface area (Å²) in [5.74, 6) is 0.761. The molecule has 94 valence electrons. The summed E-state index contributed by atoms with van der Waals surface area (Å²) in [5.41, 5.74) is 1.29. The van der Waals surface area contributed by atoms with E-state index in [4.69, 9.17) is 4.74 Å². The number of hydrogen-bond donors (Lipinski definition) is 1. The number of hydrogen-bond acceptors (Lipinski definition) is 4. The van der Waals surface area contributed by atoms with Gasteiger partial charge in [0.2, 0.25) is 0 Å². The Morgan fingerprint density at radius 1 is 1.33 bits per heavy atom. The Kier molecular flexibility index (Phi) is 4.25. The minimum absolute atomic E-state index is 0.533. The van der Waals surface area contributed by atoms with Crippen LogP contribution in [0.2, 0.25) is 0 Å². The standard InChI is InChI=1S/C14H16N2O2/c1-2-8-18-12-5-3-4-11(9-12)14(17)13-10-15-6-7-16-13/h3-7,9-10,14,17H,2,8H2,1H3. The van der Waals surface area contributed by atoms with E-state index in [0.29, 0.717) is 12.3 Å². The number of aliphatic hydroxyl groups excluding tert-OH is 1. The molecule has 1 aromatic heterocycles. The Labute approximate surface area is 106 Å². The van der Waals surface area contributed by atoms with Crippen LogP contribution in [0.4, 0.5) is 0 Å². The zero-order chi connectivity index (χ0) is 12.8. The van der Waals surface area contributed by atoms with Gasteiger partial charge < -0.3 is 9.84 Å². The largest absolute Gasteiger partial charge is 0.494 e. The van der Waals surface area contributed by atoms with Crippen molar-refractivity contribution >= 4 is 0 Å². The van der Waals surface area contributed by atoms with E-state index >= 15 is 0 Å². The van der Waals surface area contributed by atoms with Crippen molar-refractivity contribution in [2.75, 3.05) is 6.61 Å². The first-order valence-corrected chi connectivity index (χ1v) is 5.98. The minimum atomic E-state index is -0.774. The SMILES string of the molecule is CCCOc1cccc(C(O)c2cnccn2)c1. The lowest BCUT2D eigenvalue weighted by Crippen LogP contribution is -2.03. The highest BCUT2D eigenvalue weighted by Crippen LogP contribution is 2.23. The van der Waals surface area contributed by atoms with Crippen molar-refractivity contribution in [3.05, 3.63) is 54.1 Å². The normalized spacial score (nSPS) is 12.1. The molecule has 2 rings (SSSR count). The molecule has 1 N–H and O–H groups in total. The predicted octanol–water partition coefficient (Wildman–Crippen LogP) is 2.35. The van der Waals surface area contributed by atoms with E-state index in [0.717, 1.165) is 17.7 Å². The van der Waals surface area contributed by atoms with Crippen LogP contribution in [0.1, 0.15) is 30.7 Å². The quantitative estimate of drug-likeness (QED) is 0.877. The first-order valence-electron chi connectivity index (χ1n) is 5.98. The van der Waals surface area contributed by atoms with Crippen molar-refractivity contribution in [1.29, 1.82) is 0 Å². The van der Waals surface area contributed by atoms with Gasteiger partial charge in [-0.1, -0.05) is 19.1 Å². The fourth-order valence-electron chi connectivity index (χ4n) is 1.62.